The highest BCUT2D eigenvalue weighted by Crippen LogP contribution is 2.34. The van der Waals surface area contributed by atoms with Crippen LogP contribution in [0.25, 0.3) is 23.0 Å². The van der Waals surface area contributed by atoms with Gasteiger partial charge in [-0.2, -0.15) is 18.3 Å². The summed E-state index contributed by atoms with van der Waals surface area (Å²) in [4.78, 5) is 16.9. The largest absolute Gasteiger partial charge is 0.390 e. The average molecular weight is 442 g/mol. The number of alkyl halides is 3. The molecule has 0 amide bonds. The Labute approximate surface area is 184 Å². The molecule has 5 nitrogen and oxygen atoms in total. The van der Waals surface area contributed by atoms with Crippen molar-refractivity contribution >= 4 is 23.2 Å². The number of anilines is 1. The zero-order valence-corrected chi connectivity index (χ0v) is 18.0. The number of nitrogens with zero attached hydrogens (tertiary/aromatic N) is 3. The van der Waals surface area contributed by atoms with E-state index in [1.807, 2.05) is 38.1 Å². The van der Waals surface area contributed by atoms with Crippen LogP contribution in [0.1, 0.15) is 54.2 Å². The number of aryl methyl sites for hydroxylation is 1. The highest BCUT2D eigenvalue weighted by atomic mass is 19.4. The fourth-order valence-electron chi connectivity index (χ4n) is 3.74. The maximum absolute atomic E-state index is 12.6. The van der Waals surface area contributed by atoms with Gasteiger partial charge in [0.25, 0.3) is 0 Å². The molecule has 1 aromatic carbocycles. The van der Waals surface area contributed by atoms with Gasteiger partial charge in [-0.05, 0) is 56.4 Å². The van der Waals surface area contributed by atoms with Crippen molar-refractivity contribution < 1.29 is 18.0 Å². The smallest absolute Gasteiger partial charge is 0.382 e. The summed E-state index contributed by atoms with van der Waals surface area (Å²) in [5, 5.41) is 7.44. The van der Waals surface area contributed by atoms with Gasteiger partial charge in [-0.15, -0.1) is 0 Å². The number of ketones is 1. The van der Waals surface area contributed by atoms with Crippen LogP contribution >= 0.6 is 0 Å². The van der Waals surface area contributed by atoms with Crippen LogP contribution in [0.15, 0.2) is 36.5 Å². The van der Waals surface area contributed by atoms with E-state index in [1.165, 1.54) is 0 Å². The third-order valence-corrected chi connectivity index (χ3v) is 5.54. The Kier molecular flexibility index (Phi) is 6.04. The van der Waals surface area contributed by atoms with Crippen molar-refractivity contribution in [3.05, 3.63) is 53.4 Å². The first-order valence-electron chi connectivity index (χ1n) is 10.7. The van der Waals surface area contributed by atoms with Gasteiger partial charge in [0, 0.05) is 24.1 Å². The van der Waals surface area contributed by atoms with Crippen LogP contribution < -0.4 is 5.32 Å². The van der Waals surface area contributed by atoms with E-state index in [-0.39, 0.29) is 12.3 Å². The Morgan fingerprint density at radius 1 is 1.28 bits per heavy atom. The van der Waals surface area contributed by atoms with E-state index in [0.29, 0.717) is 35.1 Å². The first-order valence-corrected chi connectivity index (χ1v) is 10.7. The predicted octanol–water partition coefficient (Wildman–Crippen LogP) is 6.08. The summed E-state index contributed by atoms with van der Waals surface area (Å²) in [6.07, 6.45) is 2.92. The quantitative estimate of drug-likeness (QED) is 0.429. The van der Waals surface area contributed by atoms with E-state index in [2.05, 4.69) is 15.4 Å². The molecular formula is C24H25F3N4O. The molecule has 1 aliphatic carbocycles. The topological polar surface area (TPSA) is 59.3 Å². The van der Waals surface area contributed by atoms with Crippen LogP contribution in [0.4, 0.5) is 18.9 Å². The molecule has 0 saturated heterocycles. The van der Waals surface area contributed by atoms with E-state index >= 15 is 0 Å². The first kappa shape index (κ1) is 22.0. The van der Waals surface area contributed by atoms with Gasteiger partial charge >= 0.3 is 6.18 Å². The number of Topliss-reactive ketones (excluding diaryl/α,β-unsaturated/α-hetero) is 1. The van der Waals surface area contributed by atoms with E-state index in [9.17, 15) is 18.0 Å². The zero-order valence-electron chi connectivity index (χ0n) is 18.0. The Morgan fingerprint density at radius 3 is 2.72 bits per heavy atom. The molecule has 0 radical (unpaired) electrons. The second-order valence-electron chi connectivity index (χ2n) is 8.25. The Hall–Kier alpha value is -3.16. The number of rotatable bonds is 8. The number of imidazole rings is 1. The number of hydrogen-bond acceptors (Lipinski definition) is 4. The normalized spacial score (nSPS) is 14.4. The lowest BCUT2D eigenvalue weighted by atomic mass is 9.98. The molecule has 1 saturated carbocycles. The minimum absolute atomic E-state index is 0.166. The SMILES string of the molecule is C/C=C/c1cc(NCCC(F)(F)F)c2ncc(-c3ccc(C(=O)CC4CC4)c(C)c3)n2n1. The summed E-state index contributed by atoms with van der Waals surface area (Å²) in [5.74, 6) is 0.692. The summed E-state index contributed by atoms with van der Waals surface area (Å²) < 4.78 is 39.4. The lowest BCUT2D eigenvalue weighted by molar-refractivity contribution is -0.131. The van der Waals surface area contributed by atoms with Gasteiger partial charge in [0.1, 0.15) is 0 Å². The van der Waals surface area contributed by atoms with Crippen LogP contribution in [0.2, 0.25) is 0 Å². The summed E-state index contributed by atoms with van der Waals surface area (Å²) in [7, 11) is 0. The molecule has 2 heterocycles. The van der Waals surface area contributed by atoms with Crippen LogP contribution in [0, 0.1) is 12.8 Å². The molecule has 2 aromatic heterocycles. The molecule has 0 spiro atoms. The molecule has 0 bridgehead atoms. The standard InChI is InChI=1S/C24H25F3N4O/c1-3-4-18-13-20(28-10-9-24(25,26)27)23-29-14-21(31(23)30-18)17-7-8-19(15(2)11-17)22(32)12-16-5-6-16/h3-4,7-8,11,13-14,16,28H,5-6,9-10,12H2,1-2H3/b4-3+. The summed E-state index contributed by atoms with van der Waals surface area (Å²) in [6.45, 7) is 3.51. The van der Waals surface area contributed by atoms with E-state index < -0.39 is 12.6 Å². The third-order valence-electron chi connectivity index (χ3n) is 5.54. The number of carbonyl (C=O) groups excluding carboxylic acids is 1. The Balaban J connectivity index is 1.68. The zero-order chi connectivity index (χ0) is 22.9. The molecule has 8 heteroatoms. The summed E-state index contributed by atoms with van der Waals surface area (Å²) in [5.41, 5.74) is 4.68. The monoisotopic (exact) mass is 442 g/mol. The van der Waals surface area contributed by atoms with Crippen LogP contribution in [-0.4, -0.2) is 33.1 Å². The van der Waals surface area contributed by atoms with Gasteiger partial charge in [-0.1, -0.05) is 18.2 Å². The lowest BCUT2D eigenvalue weighted by Gasteiger charge is -2.12. The van der Waals surface area contributed by atoms with E-state index in [0.717, 1.165) is 29.5 Å². The second kappa shape index (κ2) is 8.76. The number of halogens is 3. The van der Waals surface area contributed by atoms with E-state index in [4.69, 9.17) is 0 Å². The van der Waals surface area contributed by atoms with Crippen molar-refractivity contribution in [2.45, 2.75) is 45.7 Å². The maximum Gasteiger partial charge on any atom is 0.390 e. The van der Waals surface area contributed by atoms with Gasteiger partial charge in [0.15, 0.2) is 11.4 Å². The predicted molar refractivity (Wildman–Crippen MR) is 119 cm³/mol. The highest BCUT2D eigenvalue weighted by Gasteiger charge is 2.27. The maximum atomic E-state index is 12.6. The number of fused-ring (bicyclic) bond motifs is 1. The van der Waals surface area contributed by atoms with Crippen molar-refractivity contribution in [2.75, 3.05) is 11.9 Å². The van der Waals surface area contributed by atoms with Crippen LogP contribution in [0.3, 0.4) is 0 Å². The van der Waals surface area contributed by atoms with Crippen molar-refractivity contribution in [1.29, 1.82) is 0 Å². The van der Waals surface area contributed by atoms with Gasteiger partial charge in [0.05, 0.1) is 29.7 Å². The molecule has 168 valence electrons. The minimum Gasteiger partial charge on any atom is -0.382 e. The number of hydrogen-bond donors (Lipinski definition) is 1. The Bertz CT molecular complexity index is 1180. The van der Waals surface area contributed by atoms with E-state index in [1.54, 1.807) is 22.9 Å². The molecule has 1 aliphatic rings. The number of carbonyl (C=O) groups is 1. The molecule has 0 atom stereocenters. The van der Waals surface area contributed by atoms with Crippen molar-refractivity contribution in [3.63, 3.8) is 0 Å². The number of aromatic nitrogens is 3. The molecule has 1 N–H and O–H groups in total. The summed E-state index contributed by atoms with van der Waals surface area (Å²) >= 11 is 0. The van der Waals surface area contributed by atoms with Gasteiger partial charge in [0.2, 0.25) is 0 Å². The number of nitrogens with one attached hydrogen (secondary N) is 1. The fraction of sp³-hybridized carbons (Fsp3) is 0.375. The average Bonchev–Trinajstić information content (AvgIpc) is 3.42. The fourth-order valence-corrected chi connectivity index (χ4v) is 3.74. The Morgan fingerprint density at radius 2 is 2.06 bits per heavy atom. The second-order valence-corrected chi connectivity index (χ2v) is 8.25. The molecule has 32 heavy (non-hydrogen) atoms. The van der Waals surface area contributed by atoms with Gasteiger partial charge in [-0.3, -0.25) is 4.79 Å². The van der Waals surface area contributed by atoms with Crippen LogP contribution in [-0.2, 0) is 0 Å². The van der Waals surface area contributed by atoms with Gasteiger partial charge < -0.3 is 5.32 Å². The van der Waals surface area contributed by atoms with Crippen LogP contribution in [0.5, 0.6) is 0 Å². The molecular weight excluding hydrogens is 417 g/mol. The molecule has 0 aliphatic heterocycles. The molecule has 4 rings (SSSR count). The van der Waals surface area contributed by atoms with Gasteiger partial charge in [-0.25, -0.2) is 9.50 Å². The minimum atomic E-state index is -4.24. The lowest BCUT2D eigenvalue weighted by Crippen LogP contribution is -2.15. The van der Waals surface area contributed by atoms with Crippen molar-refractivity contribution in [2.24, 2.45) is 5.92 Å². The first-order chi connectivity index (χ1) is 15.2. The summed E-state index contributed by atoms with van der Waals surface area (Å²) in [6, 6.07) is 7.34. The third kappa shape index (κ3) is 5.00. The van der Waals surface area contributed by atoms with Crippen molar-refractivity contribution in [3.8, 4) is 11.3 Å². The number of allylic oxidation sites excluding steroid dienone is 1. The molecule has 1 fully saturated rings. The molecule has 3 aromatic rings. The van der Waals surface area contributed by atoms with Crippen molar-refractivity contribution in [1.82, 2.24) is 14.6 Å². The highest BCUT2D eigenvalue weighted by molar-refractivity contribution is 5.98. The molecule has 0 unspecified atom stereocenters. The number of benzene rings is 1.